The number of rotatable bonds is 4. The molecule has 3 aromatic rings. The average Bonchev–Trinajstić information content (AvgIpc) is 2.59. The highest BCUT2D eigenvalue weighted by atomic mass is 35.5. The maximum Gasteiger partial charge on any atom is 0.143 e. The molecule has 0 amide bonds. The monoisotopic (exact) mass is 356 g/mol. The Morgan fingerprint density at radius 2 is 1.62 bits per heavy atom. The molecule has 0 atom stereocenters. The maximum atomic E-state index is 10.0. The van der Waals surface area contributed by atoms with Gasteiger partial charge in [-0.2, -0.15) is 0 Å². The molecule has 2 N–H and O–H groups in total. The SMILES string of the molecule is Oc1c(Cl)cc(Cl)cc1/C=N/c1ccccc1Nc1ccccc1. The van der Waals surface area contributed by atoms with Crippen molar-refractivity contribution in [2.45, 2.75) is 0 Å². The number of phenols is 1. The van der Waals surface area contributed by atoms with E-state index < -0.39 is 0 Å². The Morgan fingerprint density at radius 1 is 0.917 bits per heavy atom. The van der Waals surface area contributed by atoms with Crippen LogP contribution in [-0.2, 0) is 0 Å². The molecular formula is C19H14Cl2N2O. The summed E-state index contributed by atoms with van der Waals surface area (Å²) in [6.45, 7) is 0. The minimum Gasteiger partial charge on any atom is -0.506 e. The van der Waals surface area contributed by atoms with Crippen LogP contribution in [0.3, 0.4) is 0 Å². The molecule has 0 aromatic heterocycles. The van der Waals surface area contributed by atoms with E-state index in [1.54, 1.807) is 12.3 Å². The van der Waals surface area contributed by atoms with E-state index in [0.717, 1.165) is 17.1 Å². The molecule has 0 aliphatic rings. The minimum atomic E-state index is -0.0432. The van der Waals surface area contributed by atoms with Crippen molar-refractivity contribution >= 4 is 46.5 Å². The van der Waals surface area contributed by atoms with Crippen LogP contribution in [0.4, 0.5) is 17.1 Å². The van der Waals surface area contributed by atoms with E-state index in [-0.39, 0.29) is 10.8 Å². The molecule has 120 valence electrons. The summed E-state index contributed by atoms with van der Waals surface area (Å²) >= 11 is 11.9. The van der Waals surface area contributed by atoms with Crippen LogP contribution >= 0.6 is 23.2 Å². The lowest BCUT2D eigenvalue weighted by atomic mass is 10.2. The Labute approximate surface area is 150 Å². The lowest BCUT2D eigenvalue weighted by Crippen LogP contribution is -1.90. The van der Waals surface area contributed by atoms with Gasteiger partial charge >= 0.3 is 0 Å². The molecule has 24 heavy (non-hydrogen) atoms. The summed E-state index contributed by atoms with van der Waals surface area (Å²) in [6, 6.07) is 20.6. The molecule has 3 rings (SSSR count). The second-order valence-corrected chi connectivity index (χ2v) is 5.94. The van der Waals surface area contributed by atoms with E-state index in [4.69, 9.17) is 23.2 Å². The number of para-hydroxylation sites is 3. The molecular weight excluding hydrogens is 343 g/mol. The Kier molecular flexibility index (Phi) is 5.04. The number of hydrogen-bond donors (Lipinski definition) is 2. The van der Waals surface area contributed by atoms with Crippen molar-refractivity contribution in [3.8, 4) is 5.75 Å². The fraction of sp³-hybridized carbons (Fsp3) is 0. The standard InChI is InChI=1S/C19H14Cl2N2O/c20-14-10-13(19(24)16(21)11-14)12-22-17-8-4-5-9-18(17)23-15-6-2-1-3-7-15/h1-12,23-24H/b22-12+. The number of phenolic OH excluding ortho intramolecular Hbond substituents is 1. The van der Waals surface area contributed by atoms with Crippen molar-refractivity contribution in [1.82, 2.24) is 0 Å². The summed E-state index contributed by atoms with van der Waals surface area (Å²) in [5, 5.41) is 14.0. The number of aliphatic imine (C=N–C) groups is 1. The first-order chi connectivity index (χ1) is 11.6. The van der Waals surface area contributed by atoms with E-state index in [2.05, 4.69) is 10.3 Å². The fourth-order valence-electron chi connectivity index (χ4n) is 2.19. The average molecular weight is 357 g/mol. The van der Waals surface area contributed by atoms with Gasteiger partial charge in [0, 0.05) is 22.5 Å². The molecule has 0 saturated heterocycles. The van der Waals surface area contributed by atoms with Crippen LogP contribution in [-0.4, -0.2) is 11.3 Å². The Hall–Kier alpha value is -2.49. The normalized spacial score (nSPS) is 10.9. The molecule has 0 heterocycles. The summed E-state index contributed by atoms with van der Waals surface area (Å²) in [5.41, 5.74) is 3.01. The Morgan fingerprint density at radius 3 is 2.42 bits per heavy atom. The van der Waals surface area contributed by atoms with Gasteiger partial charge in [-0.05, 0) is 36.4 Å². The summed E-state index contributed by atoms with van der Waals surface area (Å²) in [5.74, 6) is -0.0432. The van der Waals surface area contributed by atoms with Crippen LogP contribution < -0.4 is 5.32 Å². The third kappa shape index (κ3) is 3.88. The van der Waals surface area contributed by atoms with E-state index >= 15 is 0 Å². The van der Waals surface area contributed by atoms with Crippen LogP contribution in [0.15, 0.2) is 71.7 Å². The van der Waals surface area contributed by atoms with E-state index in [0.29, 0.717) is 10.6 Å². The molecule has 3 aromatic carbocycles. The van der Waals surface area contributed by atoms with Gasteiger partial charge in [-0.3, -0.25) is 4.99 Å². The van der Waals surface area contributed by atoms with Gasteiger partial charge in [0.25, 0.3) is 0 Å². The zero-order valence-corrected chi connectivity index (χ0v) is 14.1. The molecule has 0 spiro atoms. The van der Waals surface area contributed by atoms with Gasteiger partial charge in [-0.1, -0.05) is 53.5 Å². The second-order valence-electron chi connectivity index (χ2n) is 5.09. The number of aromatic hydroxyl groups is 1. The van der Waals surface area contributed by atoms with Gasteiger partial charge in [-0.15, -0.1) is 0 Å². The number of hydrogen-bond acceptors (Lipinski definition) is 3. The van der Waals surface area contributed by atoms with Crippen molar-refractivity contribution < 1.29 is 5.11 Å². The molecule has 0 fully saturated rings. The van der Waals surface area contributed by atoms with Crippen molar-refractivity contribution in [2.75, 3.05) is 5.32 Å². The first-order valence-electron chi connectivity index (χ1n) is 7.26. The maximum absolute atomic E-state index is 10.0. The van der Waals surface area contributed by atoms with Crippen molar-refractivity contribution in [2.24, 2.45) is 4.99 Å². The highest BCUT2D eigenvalue weighted by Gasteiger charge is 2.06. The third-order valence-electron chi connectivity index (χ3n) is 3.36. The van der Waals surface area contributed by atoms with Gasteiger partial charge in [0.05, 0.1) is 16.4 Å². The number of anilines is 2. The quantitative estimate of drug-likeness (QED) is 0.547. The largest absolute Gasteiger partial charge is 0.506 e. The van der Waals surface area contributed by atoms with Gasteiger partial charge in [0.2, 0.25) is 0 Å². The first-order valence-corrected chi connectivity index (χ1v) is 8.02. The van der Waals surface area contributed by atoms with Crippen LogP contribution in [0.1, 0.15) is 5.56 Å². The zero-order chi connectivity index (χ0) is 16.9. The molecule has 0 radical (unpaired) electrons. The van der Waals surface area contributed by atoms with Gasteiger partial charge in [-0.25, -0.2) is 0 Å². The van der Waals surface area contributed by atoms with Crippen LogP contribution in [0, 0.1) is 0 Å². The van der Waals surface area contributed by atoms with E-state index in [1.165, 1.54) is 6.07 Å². The topological polar surface area (TPSA) is 44.6 Å². The van der Waals surface area contributed by atoms with E-state index in [1.807, 2.05) is 54.6 Å². The Bertz CT molecular complexity index is 880. The van der Waals surface area contributed by atoms with Gasteiger partial charge in [0.1, 0.15) is 5.75 Å². The van der Waals surface area contributed by atoms with Gasteiger partial charge in [0.15, 0.2) is 0 Å². The summed E-state index contributed by atoms with van der Waals surface area (Å²) < 4.78 is 0. The highest BCUT2D eigenvalue weighted by molar-refractivity contribution is 6.36. The third-order valence-corrected chi connectivity index (χ3v) is 3.86. The smallest absolute Gasteiger partial charge is 0.143 e. The summed E-state index contributed by atoms with van der Waals surface area (Å²) in [7, 11) is 0. The summed E-state index contributed by atoms with van der Waals surface area (Å²) in [4.78, 5) is 4.45. The first kappa shape index (κ1) is 16.4. The second kappa shape index (κ2) is 7.39. The molecule has 0 aliphatic carbocycles. The molecule has 0 saturated carbocycles. The number of nitrogens with one attached hydrogen (secondary N) is 1. The van der Waals surface area contributed by atoms with Crippen LogP contribution in [0.25, 0.3) is 0 Å². The number of halogens is 2. The molecule has 3 nitrogen and oxygen atoms in total. The molecule has 0 unspecified atom stereocenters. The lowest BCUT2D eigenvalue weighted by molar-refractivity contribution is 0.475. The van der Waals surface area contributed by atoms with Crippen LogP contribution in [0.5, 0.6) is 5.75 Å². The fourth-order valence-corrected chi connectivity index (χ4v) is 2.70. The van der Waals surface area contributed by atoms with Crippen LogP contribution in [0.2, 0.25) is 10.0 Å². The summed E-state index contributed by atoms with van der Waals surface area (Å²) in [6.07, 6.45) is 1.54. The Balaban J connectivity index is 1.91. The molecule has 0 bridgehead atoms. The number of benzene rings is 3. The predicted octanol–water partition coefficient (Wildman–Crippen LogP) is 6.19. The number of nitrogens with zero attached hydrogens (tertiary/aromatic N) is 1. The van der Waals surface area contributed by atoms with E-state index in [9.17, 15) is 5.11 Å². The highest BCUT2D eigenvalue weighted by Crippen LogP contribution is 2.32. The molecule has 0 aliphatic heterocycles. The zero-order valence-electron chi connectivity index (χ0n) is 12.6. The van der Waals surface area contributed by atoms with Gasteiger partial charge < -0.3 is 10.4 Å². The minimum absolute atomic E-state index is 0.0432. The van der Waals surface area contributed by atoms with Crippen molar-refractivity contribution in [3.05, 3.63) is 82.3 Å². The predicted molar refractivity (Wildman–Crippen MR) is 102 cm³/mol. The lowest BCUT2D eigenvalue weighted by Gasteiger charge is -2.09. The molecule has 5 heteroatoms. The van der Waals surface area contributed by atoms with Crippen molar-refractivity contribution in [3.63, 3.8) is 0 Å². The van der Waals surface area contributed by atoms with Crippen molar-refractivity contribution in [1.29, 1.82) is 0 Å².